The highest BCUT2D eigenvalue weighted by atomic mass is 16.3. The number of aromatic nitrogens is 2. The van der Waals surface area contributed by atoms with Crippen molar-refractivity contribution in [2.45, 2.75) is 31.3 Å². The molecule has 0 bridgehead atoms. The molecule has 4 heteroatoms. The third-order valence-electron chi connectivity index (χ3n) is 2.94. The summed E-state index contributed by atoms with van der Waals surface area (Å²) in [6.07, 6.45) is 5.44. The van der Waals surface area contributed by atoms with Crippen molar-refractivity contribution in [1.29, 1.82) is 0 Å². The van der Waals surface area contributed by atoms with Gasteiger partial charge in [-0.05, 0) is 37.8 Å². The fourth-order valence-electron chi connectivity index (χ4n) is 2.28. The highest BCUT2D eigenvalue weighted by molar-refractivity contribution is 5.26. The van der Waals surface area contributed by atoms with Crippen molar-refractivity contribution >= 4 is 0 Å². The maximum Gasteiger partial charge on any atom is 0.110 e. The summed E-state index contributed by atoms with van der Waals surface area (Å²) >= 11 is 0. The number of rotatable bonds is 2. The minimum atomic E-state index is -0.774. The van der Waals surface area contributed by atoms with Gasteiger partial charge in [-0.3, -0.25) is 4.68 Å². The second-order valence-corrected chi connectivity index (χ2v) is 4.10. The molecule has 3 N–H and O–H groups in total. The van der Waals surface area contributed by atoms with E-state index in [1.807, 2.05) is 13.2 Å². The van der Waals surface area contributed by atoms with Crippen LogP contribution in [0, 0.1) is 0 Å². The number of fused-ring (bicyclic) bond motifs is 1. The second-order valence-electron chi connectivity index (χ2n) is 4.10. The van der Waals surface area contributed by atoms with Crippen LogP contribution in [0.1, 0.15) is 30.5 Å². The van der Waals surface area contributed by atoms with Gasteiger partial charge in [0.25, 0.3) is 0 Å². The summed E-state index contributed by atoms with van der Waals surface area (Å²) in [6, 6.07) is 0. The van der Waals surface area contributed by atoms with E-state index in [2.05, 4.69) is 5.10 Å². The first kappa shape index (κ1) is 9.68. The summed E-state index contributed by atoms with van der Waals surface area (Å²) in [4.78, 5) is 0. The maximum atomic E-state index is 10.4. The molecule has 1 atom stereocenters. The van der Waals surface area contributed by atoms with Crippen molar-refractivity contribution in [3.05, 3.63) is 17.5 Å². The van der Waals surface area contributed by atoms with Crippen molar-refractivity contribution in [2.75, 3.05) is 6.54 Å². The van der Waals surface area contributed by atoms with Crippen molar-refractivity contribution in [3.8, 4) is 0 Å². The van der Waals surface area contributed by atoms with E-state index in [0.717, 1.165) is 25.0 Å². The number of aryl methyl sites for hydroxylation is 2. The molecular formula is C10H17N3O. The predicted octanol–water partition coefficient (Wildman–Crippen LogP) is 0.293. The molecule has 0 saturated heterocycles. The molecule has 1 heterocycles. The molecule has 0 fully saturated rings. The minimum absolute atomic E-state index is 0.506. The topological polar surface area (TPSA) is 64.1 Å². The van der Waals surface area contributed by atoms with E-state index < -0.39 is 5.60 Å². The van der Waals surface area contributed by atoms with Crippen molar-refractivity contribution in [2.24, 2.45) is 12.8 Å². The Labute approximate surface area is 83.7 Å². The van der Waals surface area contributed by atoms with Gasteiger partial charge in [-0.25, -0.2) is 0 Å². The Morgan fingerprint density at radius 3 is 3.21 bits per heavy atom. The van der Waals surface area contributed by atoms with Crippen LogP contribution in [-0.4, -0.2) is 21.4 Å². The van der Waals surface area contributed by atoms with Crippen LogP contribution in [-0.2, 0) is 19.1 Å². The van der Waals surface area contributed by atoms with Crippen LogP contribution in [0.25, 0.3) is 0 Å². The first-order chi connectivity index (χ1) is 6.65. The summed E-state index contributed by atoms with van der Waals surface area (Å²) in [7, 11) is 1.89. The van der Waals surface area contributed by atoms with Crippen LogP contribution in [0.4, 0.5) is 0 Å². The maximum absolute atomic E-state index is 10.4. The third kappa shape index (κ3) is 1.44. The Morgan fingerprint density at radius 2 is 2.50 bits per heavy atom. The zero-order valence-electron chi connectivity index (χ0n) is 8.53. The van der Waals surface area contributed by atoms with Crippen LogP contribution in [0.5, 0.6) is 0 Å². The molecule has 4 nitrogen and oxygen atoms in total. The lowest BCUT2D eigenvalue weighted by molar-refractivity contribution is 0.00793. The molecular weight excluding hydrogens is 178 g/mol. The molecule has 1 aromatic heterocycles. The smallest absolute Gasteiger partial charge is 0.110 e. The molecule has 78 valence electrons. The second kappa shape index (κ2) is 3.37. The fraction of sp³-hybridized carbons (Fsp3) is 0.700. The van der Waals surface area contributed by atoms with Gasteiger partial charge in [-0.1, -0.05) is 0 Å². The quantitative estimate of drug-likeness (QED) is 0.713. The van der Waals surface area contributed by atoms with Gasteiger partial charge in [-0.15, -0.1) is 0 Å². The number of nitrogens with zero attached hydrogens (tertiary/aromatic N) is 2. The van der Waals surface area contributed by atoms with Crippen molar-refractivity contribution < 1.29 is 5.11 Å². The lowest BCUT2D eigenvalue weighted by Crippen LogP contribution is -2.33. The molecule has 2 rings (SSSR count). The molecule has 1 aromatic rings. The fourth-order valence-corrected chi connectivity index (χ4v) is 2.28. The molecule has 0 saturated carbocycles. The van der Waals surface area contributed by atoms with Gasteiger partial charge in [0.2, 0.25) is 0 Å². The monoisotopic (exact) mass is 195 g/mol. The zero-order chi connectivity index (χ0) is 10.2. The van der Waals surface area contributed by atoms with E-state index in [0.29, 0.717) is 13.0 Å². The summed E-state index contributed by atoms with van der Waals surface area (Å²) < 4.78 is 1.78. The molecule has 0 spiro atoms. The average molecular weight is 195 g/mol. The van der Waals surface area contributed by atoms with Crippen molar-refractivity contribution in [3.63, 3.8) is 0 Å². The van der Waals surface area contributed by atoms with Gasteiger partial charge in [0, 0.05) is 13.2 Å². The lowest BCUT2D eigenvalue weighted by Gasteiger charge is -2.30. The van der Waals surface area contributed by atoms with E-state index in [1.54, 1.807) is 4.68 Å². The van der Waals surface area contributed by atoms with Gasteiger partial charge in [0.05, 0.1) is 5.69 Å². The van der Waals surface area contributed by atoms with E-state index in [1.165, 1.54) is 5.56 Å². The van der Waals surface area contributed by atoms with E-state index >= 15 is 0 Å². The Hall–Kier alpha value is -0.870. The van der Waals surface area contributed by atoms with Crippen LogP contribution in [0.3, 0.4) is 0 Å². The van der Waals surface area contributed by atoms with Gasteiger partial charge in [-0.2, -0.15) is 5.10 Å². The normalized spacial score (nSPS) is 26.2. The minimum Gasteiger partial charge on any atom is -0.383 e. The summed E-state index contributed by atoms with van der Waals surface area (Å²) in [5, 5.41) is 14.7. The third-order valence-corrected chi connectivity index (χ3v) is 2.94. The molecule has 0 radical (unpaired) electrons. The predicted molar refractivity (Wildman–Crippen MR) is 53.7 cm³/mol. The van der Waals surface area contributed by atoms with E-state index in [-0.39, 0.29) is 0 Å². The number of nitrogens with two attached hydrogens (primary N) is 1. The molecule has 1 unspecified atom stereocenters. The largest absolute Gasteiger partial charge is 0.383 e. The first-order valence-electron chi connectivity index (χ1n) is 5.11. The van der Waals surface area contributed by atoms with E-state index in [4.69, 9.17) is 5.73 Å². The zero-order valence-corrected chi connectivity index (χ0v) is 8.53. The average Bonchev–Trinajstić information content (AvgIpc) is 2.48. The highest BCUT2D eigenvalue weighted by Crippen LogP contribution is 2.36. The standard InChI is InChI=1S/C10H17N3O/c1-13-7-8-3-2-4-10(14,5-6-11)9(8)12-13/h7,14H,2-6,11H2,1H3. The van der Waals surface area contributed by atoms with Crippen molar-refractivity contribution in [1.82, 2.24) is 9.78 Å². The molecule has 0 aliphatic heterocycles. The Bertz CT molecular complexity index is 334. The number of aliphatic hydroxyl groups is 1. The Morgan fingerprint density at radius 1 is 1.71 bits per heavy atom. The van der Waals surface area contributed by atoms with Gasteiger partial charge in [0.1, 0.15) is 5.60 Å². The molecule has 14 heavy (non-hydrogen) atoms. The van der Waals surface area contributed by atoms with Gasteiger partial charge in [0.15, 0.2) is 0 Å². The van der Waals surface area contributed by atoms with Gasteiger partial charge >= 0.3 is 0 Å². The highest BCUT2D eigenvalue weighted by Gasteiger charge is 2.36. The van der Waals surface area contributed by atoms with Crippen LogP contribution >= 0.6 is 0 Å². The summed E-state index contributed by atoms with van der Waals surface area (Å²) in [5.74, 6) is 0. The number of hydrogen-bond donors (Lipinski definition) is 2. The Kier molecular flexibility index (Phi) is 2.33. The molecule has 1 aliphatic rings. The van der Waals surface area contributed by atoms with Crippen LogP contribution in [0.2, 0.25) is 0 Å². The van der Waals surface area contributed by atoms with Crippen LogP contribution < -0.4 is 5.73 Å². The SMILES string of the molecule is Cn1cc2c(n1)C(O)(CCN)CCC2. The van der Waals surface area contributed by atoms with Crippen LogP contribution in [0.15, 0.2) is 6.20 Å². The Balaban J connectivity index is 2.38. The molecule has 0 aromatic carbocycles. The van der Waals surface area contributed by atoms with Gasteiger partial charge < -0.3 is 10.8 Å². The number of hydrogen-bond acceptors (Lipinski definition) is 3. The summed E-state index contributed by atoms with van der Waals surface area (Å²) in [6.45, 7) is 0.506. The first-order valence-corrected chi connectivity index (χ1v) is 5.11. The molecule has 1 aliphatic carbocycles. The summed E-state index contributed by atoms with van der Waals surface area (Å²) in [5.41, 5.74) is 6.76. The van der Waals surface area contributed by atoms with E-state index in [9.17, 15) is 5.11 Å². The lowest BCUT2D eigenvalue weighted by atomic mass is 9.82. The molecule has 0 amide bonds.